The molecule has 0 spiro atoms. The first-order valence-corrected chi connectivity index (χ1v) is 7.75. The average molecular weight is 262 g/mol. The summed E-state index contributed by atoms with van der Waals surface area (Å²) < 4.78 is 26.6. The lowest BCUT2D eigenvalue weighted by Crippen LogP contribution is -2.39. The van der Waals surface area contributed by atoms with Crippen molar-refractivity contribution in [3.8, 4) is 0 Å². The van der Waals surface area contributed by atoms with Gasteiger partial charge in [-0.2, -0.15) is 0 Å². The van der Waals surface area contributed by atoms with Gasteiger partial charge in [0.2, 0.25) is 10.0 Å². The van der Waals surface area contributed by atoms with E-state index in [1.165, 1.54) is 0 Å². The van der Waals surface area contributed by atoms with Crippen LogP contribution in [0.3, 0.4) is 0 Å². The van der Waals surface area contributed by atoms with Crippen LogP contribution in [0.2, 0.25) is 0 Å². The lowest BCUT2D eigenvalue weighted by Gasteiger charge is -2.14. The minimum atomic E-state index is -3.19. The molecule has 5 heteroatoms. The molecule has 0 bridgehead atoms. The number of sulfonamides is 1. The topological polar surface area (TPSA) is 58.2 Å². The number of rotatable bonds is 6. The zero-order valence-electron chi connectivity index (χ0n) is 11.8. The van der Waals surface area contributed by atoms with E-state index in [4.69, 9.17) is 0 Å². The van der Waals surface area contributed by atoms with Crippen molar-refractivity contribution in [1.82, 2.24) is 10.0 Å². The Morgan fingerprint density at radius 3 is 2.00 bits per heavy atom. The second kappa shape index (κ2) is 4.52. The molecule has 0 heterocycles. The van der Waals surface area contributed by atoms with Crippen LogP contribution in [0.4, 0.5) is 0 Å². The molecule has 102 valence electrons. The Hall–Kier alpha value is -0.130. The van der Waals surface area contributed by atoms with Gasteiger partial charge in [0.25, 0.3) is 0 Å². The van der Waals surface area contributed by atoms with Crippen LogP contribution in [0, 0.1) is 16.7 Å². The molecule has 0 aliphatic heterocycles. The highest BCUT2D eigenvalue weighted by molar-refractivity contribution is 7.90. The first-order chi connectivity index (χ1) is 7.57. The van der Waals surface area contributed by atoms with Crippen LogP contribution in [0.5, 0.6) is 0 Å². The largest absolute Gasteiger partial charge is 0.318 e. The van der Waals surface area contributed by atoms with Crippen molar-refractivity contribution in [2.45, 2.75) is 39.9 Å². The van der Waals surface area contributed by atoms with Crippen LogP contribution in [0.1, 0.15) is 34.6 Å². The van der Waals surface area contributed by atoms with E-state index in [-0.39, 0.29) is 10.8 Å². The molecule has 2 N–H and O–H groups in total. The lowest BCUT2D eigenvalue weighted by molar-refractivity contribution is 0.457. The maximum Gasteiger partial charge on any atom is 0.215 e. The van der Waals surface area contributed by atoms with Gasteiger partial charge in [-0.15, -0.1) is 0 Å². The van der Waals surface area contributed by atoms with Gasteiger partial charge in [0.05, 0.1) is 5.25 Å². The molecule has 1 aliphatic carbocycles. The van der Waals surface area contributed by atoms with E-state index < -0.39 is 15.3 Å². The summed E-state index contributed by atoms with van der Waals surface area (Å²) in [4.78, 5) is 0. The summed E-state index contributed by atoms with van der Waals surface area (Å²) in [5.41, 5.74) is 0.448. The SMILES string of the molecule is CNCC(C)S(=O)(=O)NCC1C(C)(C)C1(C)C. The molecule has 1 rings (SSSR count). The summed E-state index contributed by atoms with van der Waals surface area (Å²) in [6.45, 7) is 11.5. The molecule has 0 aromatic rings. The maximum atomic E-state index is 11.9. The van der Waals surface area contributed by atoms with Gasteiger partial charge < -0.3 is 5.32 Å². The highest BCUT2D eigenvalue weighted by Crippen LogP contribution is 2.67. The van der Waals surface area contributed by atoms with E-state index in [9.17, 15) is 8.42 Å². The van der Waals surface area contributed by atoms with Crippen molar-refractivity contribution < 1.29 is 8.42 Å². The van der Waals surface area contributed by atoms with Gasteiger partial charge >= 0.3 is 0 Å². The molecule has 4 nitrogen and oxygen atoms in total. The monoisotopic (exact) mass is 262 g/mol. The fraction of sp³-hybridized carbons (Fsp3) is 1.00. The van der Waals surface area contributed by atoms with Gasteiger partial charge in [0, 0.05) is 13.1 Å². The Balaban J connectivity index is 2.53. The number of hydrogen-bond acceptors (Lipinski definition) is 3. The summed E-state index contributed by atoms with van der Waals surface area (Å²) in [5, 5.41) is 2.50. The van der Waals surface area contributed by atoms with E-state index in [0.29, 0.717) is 19.0 Å². The van der Waals surface area contributed by atoms with Gasteiger partial charge in [-0.1, -0.05) is 27.7 Å². The van der Waals surface area contributed by atoms with Crippen molar-refractivity contribution in [2.24, 2.45) is 16.7 Å². The van der Waals surface area contributed by atoms with Crippen LogP contribution in [0.25, 0.3) is 0 Å². The third-order valence-electron chi connectivity index (χ3n) is 4.83. The van der Waals surface area contributed by atoms with Crippen LogP contribution in [-0.4, -0.2) is 33.8 Å². The molecule has 1 aliphatic rings. The Labute approximate surface area is 106 Å². The third kappa shape index (κ3) is 2.66. The van der Waals surface area contributed by atoms with Gasteiger partial charge in [-0.25, -0.2) is 13.1 Å². The molecule has 0 amide bonds. The fourth-order valence-electron chi connectivity index (χ4n) is 2.58. The smallest absolute Gasteiger partial charge is 0.215 e. The van der Waals surface area contributed by atoms with Crippen LogP contribution >= 0.6 is 0 Å². The van der Waals surface area contributed by atoms with Gasteiger partial charge in [-0.05, 0) is 30.7 Å². The van der Waals surface area contributed by atoms with Crippen LogP contribution < -0.4 is 10.0 Å². The molecule has 1 unspecified atom stereocenters. The van der Waals surface area contributed by atoms with E-state index in [1.807, 2.05) is 0 Å². The third-order valence-corrected chi connectivity index (χ3v) is 6.62. The fourth-order valence-corrected chi connectivity index (χ4v) is 3.65. The number of hydrogen-bond donors (Lipinski definition) is 2. The highest BCUT2D eigenvalue weighted by Gasteiger charge is 2.64. The van der Waals surface area contributed by atoms with Crippen LogP contribution in [-0.2, 0) is 10.0 Å². The first-order valence-electron chi connectivity index (χ1n) is 6.20. The second-order valence-corrected chi connectivity index (χ2v) is 8.44. The minimum Gasteiger partial charge on any atom is -0.318 e. The Bertz CT molecular complexity index is 360. The molecule has 1 atom stereocenters. The van der Waals surface area contributed by atoms with Gasteiger partial charge in [0.1, 0.15) is 0 Å². The van der Waals surface area contributed by atoms with Gasteiger partial charge in [0.15, 0.2) is 0 Å². The van der Waals surface area contributed by atoms with E-state index >= 15 is 0 Å². The van der Waals surface area contributed by atoms with E-state index in [0.717, 1.165) is 0 Å². The highest BCUT2D eigenvalue weighted by atomic mass is 32.2. The molecular formula is C12H26N2O2S. The molecule has 1 saturated carbocycles. The zero-order chi connectivity index (χ0) is 13.5. The summed E-state index contributed by atoms with van der Waals surface area (Å²) >= 11 is 0. The summed E-state index contributed by atoms with van der Waals surface area (Å²) in [6, 6.07) is 0. The van der Waals surface area contributed by atoms with E-state index in [2.05, 4.69) is 37.7 Å². The maximum absolute atomic E-state index is 11.9. The quantitative estimate of drug-likeness (QED) is 0.756. The standard InChI is InChI=1S/C12H26N2O2S/c1-9(7-13-6)17(15,16)14-8-10-11(2,3)12(10,4)5/h9-10,13-14H,7-8H2,1-6H3. The first kappa shape index (κ1) is 14.9. The summed E-state index contributed by atoms with van der Waals surface area (Å²) in [6.07, 6.45) is 0. The van der Waals surface area contributed by atoms with Crippen molar-refractivity contribution in [3.05, 3.63) is 0 Å². The molecule has 0 saturated heterocycles. The predicted molar refractivity (Wildman–Crippen MR) is 71.4 cm³/mol. The summed E-state index contributed by atoms with van der Waals surface area (Å²) in [7, 11) is -1.43. The second-order valence-electron chi connectivity index (χ2n) is 6.26. The Morgan fingerprint density at radius 1 is 1.18 bits per heavy atom. The minimum absolute atomic E-state index is 0.224. The zero-order valence-corrected chi connectivity index (χ0v) is 12.6. The molecule has 0 radical (unpaired) electrons. The van der Waals surface area contributed by atoms with Gasteiger partial charge in [-0.3, -0.25) is 0 Å². The molecule has 0 aromatic carbocycles. The lowest BCUT2D eigenvalue weighted by atomic mass is 10.0. The normalized spacial score (nSPS) is 24.6. The van der Waals surface area contributed by atoms with Crippen molar-refractivity contribution in [2.75, 3.05) is 20.1 Å². The molecular weight excluding hydrogens is 236 g/mol. The van der Waals surface area contributed by atoms with Crippen molar-refractivity contribution >= 4 is 10.0 Å². The van der Waals surface area contributed by atoms with Crippen molar-refractivity contribution in [1.29, 1.82) is 0 Å². The average Bonchev–Trinajstić information content (AvgIpc) is 2.55. The van der Waals surface area contributed by atoms with E-state index in [1.54, 1.807) is 14.0 Å². The number of nitrogens with one attached hydrogen (secondary N) is 2. The Kier molecular flexibility index (Phi) is 3.97. The Morgan fingerprint density at radius 2 is 1.65 bits per heavy atom. The molecule has 1 fully saturated rings. The molecule has 0 aromatic heterocycles. The van der Waals surface area contributed by atoms with Crippen LogP contribution in [0.15, 0.2) is 0 Å². The summed E-state index contributed by atoms with van der Waals surface area (Å²) in [5.74, 6) is 0.423. The van der Waals surface area contributed by atoms with Crippen molar-refractivity contribution in [3.63, 3.8) is 0 Å². The molecule has 17 heavy (non-hydrogen) atoms. The predicted octanol–water partition coefficient (Wildman–Crippen LogP) is 1.20.